The van der Waals surface area contributed by atoms with Crippen LogP contribution in [0.5, 0.6) is 0 Å². The molecular formula is C22H31N3O. The van der Waals surface area contributed by atoms with Crippen molar-refractivity contribution in [3.8, 4) is 0 Å². The van der Waals surface area contributed by atoms with Crippen LogP contribution in [0.2, 0.25) is 0 Å². The van der Waals surface area contributed by atoms with Gasteiger partial charge in [0.2, 0.25) is 0 Å². The average molecular weight is 354 g/mol. The lowest BCUT2D eigenvalue weighted by atomic mass is 9.95. The molecule has 1 N–H and O–H groups in total. The lowest BCUT2D eigenvalue weighted by Gasteiger charge is -2.34. The van der Waals surface area contributed by atoms with Gasteiger partial charge in [-0.3, -0.25) is 4.79 Å². The van der Waals surface area contributed by atoms with E-state index in [1.54, 1.807) is 6.20 Å². The van der Waals surface area contributed by atoms with E-state index in [0.29, 0.717) is 5.92 Å². The number of hydrogen-bond donors (Lipinski definition) is 1. The Kier molecular flexibility index (Phi) is 6.51. The van der Waals surface area contributed by atoms with Crippen molar-refractivity contribution >= 4 is 5.91 Å². The zero-order valence-corrected chi connectivity index (χ0v) is 16.1. The fourth-order valence-corrected chi connectivity index (χ4v) is 3.87. The first-order valence-corrected chi connectivity index (χ1v) is 9.86. The number of hydrogen-bond acceptors (Lipinski definition) is 2. The SMILES string of the molecule is CCN(CC1CCN(CCc2ccccc2C)CC1)C(=O)c1cc[nH]c1. The van der Waals surface area contributed by atoms with Crippen LogP contribution in [0.25, 0.3) is 0 Å². The van der Waals surface area contributed by atoms with Crippen LogP contribution in [-0.4, -0.2) is 53.4 Å². The van der Waals surface area contributed by atoms with Gasteiger partial charge in [-0.15, -0.1) is 0 Å². The van der Waals surface area contributed by atoms with Crippen LogP contribution < -0.4 is 0 Å². The van der Waals surface area contributed by atoms with E-state index in [0.717, 1.165) is 44.7 Å². The Morgan fingerprint density at radius 1 is 1.23 bits per heavy atom. The van der Waals surface area contributed by atoms with Gasteiger partial charge in [-0.2, -0.15) is 0 Å². The molecule has 1 amide bonds. The van der Waals surface area contributed by atoms with Crippen LogP contribution in [-0.2, 0) is 6.42 Å². The van der Waals surface area contributed by atoms with Gasteiger partial charge in [0, 0.05) is 32.0 Å². The summed E-state index contributed by atoms with van der Waals surface area (Å²) in [5, 5.41) is 0. The minimum atomic E-state index is 0.149. The second kappa shape index (κ2) is 9.04. The van der Waals surface area contributed by atoms with Crippen LogP contribution in [0.15, 0.2) is 42.7 Å². The van der Waals surface area contributed by atoms with Gasteiger partial charge >= 0.3 is 0 Å². The third-order valence-corrected chi connectivity index (χ3v) is 5.66. The lowest BCUT2D eigenvalue weighted by Crippen LogP contribution is -2.41. The van der Waals surface area contributed by atoms with Crippen LogP contribution in [0.4, 0.5) is 0 Å². The highest BCUT2D eigenvalue weighted by atomic mass is 16.2. The summed E-state index contributed by atoms with van der Waals surface area (Å²) in [4.78, 5) is 20.1. The normalized spacial score (nSPS) is 15.9. The largest absolute Gasteiger partial charge is 0.367 e. The zero-order valence-electron chi connectivity index (χ0n) is 16.1. The van der Waals surface area contributed by atoms with Crippen molar-refractivity contribution in [1.82, 2.24) is 14.8 Å². The monoisotopic (exact) mass is 353 g/mol. The number of benzene rings is 1. The van der Waals surface area contributed by atoms with Crippen LogP contribution in [0.3, 0.4) is 0 Å². The number of aromatic amines is 1. The summed E-state index contributed by atoms with van der Waals surface area (Å²) in [6, 6.07) is 10.5. The molecule has 1 fully saturated rings. The third-order valence-electron chi connectivity index (χ3n) is 5.66. The molecule has 0 spiro atoms. The van der Waals surface area contributed by atoms with Crippen molar-refractivity contribution in [2.75, 3.05) is 32.7 Å². The van der Waals surface area contributed by atoms with E-state index in [2.05, 4.69) is 48.0 Å². The summed E-state index contributed by atoms with van der Waals surface area (Å²) in [6.45, 7) is 9.35. The van der Waals surface area contributed by atoms with Gasteiger partial charge in [0.1, 0.15) is 0 Å². The maximum absolute atomic E-state index is 12.6. The Hall–Kier alpha value is -2.07. The Bertz CT molecular complexity index is 687. The molecule has 2 heterocycles. The summed E-state index contributed by atoms with van der Waals surface area (Å²) in [6.07, 6.45) is 7.10. The Labute approximate surface area is 157 Å². The van der Waals surface area contributed by atoms with Crippen molar-refractivity contribution in [2.24, 2.45) is 5.92 Å². The summed E-state index contributed by atoms with van der Waals surface area (Å²) in [5.41, 5.74) is 3.62. The van der Waals surface area contributed by atoms with Crippen molar-refractivity contribution in [1.29, 1.82) is 0 Å². The minimum absolute atomic E-state index is 0.149. The molecular weight excluding hydrogens is 322 g/mol. The number of aromatic nitrogens is 1. The number of likely N-dealkylation sites (tertiary alicyclic amines) is 1. The number of rotatable bonds is 7. The molecule has 0 aliphatic carbocycles. The van der Waals surface area contributed by atoms with E-state index in [9.17, 15) is 4.79 Å². The quantitative estimate of drug-likeness (QED) is 0.824. The second-order valence-electron chi connectivity index (χ2n) is 7.40. The van der Waals surface area contributed by atoms with E-state index in [1.165, 1.54) is 24.0 Å². The molecule has 0 saturated carbocycles. The molecule has 1 saturated heterocycles. The molecule has 140 valence electrons. The summed E-state index contributed by atoms with van der Waals surface area (Å²) >= 11 is 0. The number of carbonyl (C=O) groups is 1. The number of H-pyrrole nitrogens is 1. The summed E-state index contributed by atoms with van der Waals surface area (Å²) < 4.78 is 0. The van der Waals surface area contributed by atoms with Crippen LogP contribution in [0, 0.1) is 12.8 Å². The molecule has 3 rings (SSSR count). The van der Waals surface area contributed by atoms with Crippen LogP contribution >= 0.6 is 0 Å². The first kappa shape index (κ1) is 18.7. The Morgan fingerprint density at radius 2 is 2.00 bits per heavy atom. The minimum Gasteiger partial charge on any atom is -0.367 e. The number of piperidine rings is 1. The molecule has 4 heteroatoms. The number of nitrogens with one attached hydrogen (secondary N) is 1. The van der Waals surface area contributed by atoms with Gasteiger partial charge in [0.15, 0.2) is 0 Å². The predicted octanol–water partition coefficient (Wildman–Crippen LogP) is 3.74. The summed E-state index contributed by atoms with van der Waals surface area (Å²) in [5.74, 6) is 0.767. The maximum atomic E-state index is 12.6. The Balaban J connectivity index is 1.44. The highest BCUT2D eigenvalue weighted by molar-refractivity contribution is 5.94. The topological polar surface area (TPSA) is 39.3 Å². The predicted molar refractivity (Wildman–Crippen MR) is 106 cm³/mol. The molecule has 2 aromatic rings. The lowest BCUT2D eigenvalue weighted by molar-refractivity contribution is 0.0702. The molecule has 1 aliphatic heterocycles. The molecule has 0 atom stereocenters. The van der Waals surface area contributed by atoms with Gasteiger partial charge in [0.05, 0.1) is 5.56 Å². The van der Waals surface area contributed by atoms with Crippen molar-refractivity contribution in [2.45, 2.75) is 33.1 Å². The molecule has 1 aromatic carbocycles. The van der Waals surface area contributed by atoms with E-state index in [1.807, 2.05) is 17.2 Å². The fourth-order valence-electron chi connectivity index (χ4n) is 3.87. The first-order chi connectivity index (χ1) is 12.7. The highest BCUT2D eigenvalue weighted by Gasteiger charge is 2.23. The number of carbonyl (C=O) groups excluding carboxylic acids is 1. The van der Waals surface area contributed by atoms with Crippen molar-refractivity contribution in [3.63, 3.8) is 0 Å². The second-order valence-corrected chi connectivity index (χ2v) is 7.40. The molecule has 4 nitrogen and oxygen atoms in total. The van der Waals surface area contributed by atoms with Crippen molar-refractivity contribution < 1.29 is 4.79 Å². The fraction of sp³-hybridized carbons (Fsp3) is 0.500. The standard InChI is InChI=1S/C22H31N3O/c1-3-25(22(26)21-8-12-23-16-21)17-19-9-13-24(14-10-19)15-11-20-7-5-4-6-18(20)2/h4-8,12,16,19,23H,3,9-11,13-15,17H2,1-2H3. The number of amides is 1. The Morgan fingerprint density at radius 3 is 2.65 bits per heavy atom. The van der Waals surface area contributed by atoms with Gasteiger partial charge < -0.3 is 14.8 Å². The number of aryl methyl sites for hydroxylation is 1. The molecule has 1 aromatic heterocycles. The van der Waals surface area contributed by atoms with Gasteiger partial charge in [-0.25, -0.2) is 0 Å². The number of nitrogens with zero attached hydrogens (tertiary/aromatic N) is 2. The highest BCUT2D eigenvalue weighted by Crippen LogP contribution is 2.20. The van der Waals surface area contributed by atoms with E-state index in [-0.39, 0.29) is 5.91 Å². The zero-order chi connectivity index (χ0) is 18.4. The maximum Gasteiger partial charge on any atom is 0.255 e. The van der Waals surface area contributed by atoms with E-state index in [4.69, 9.17) is 0 Å². The molecule has 0 unspecified atom stereocenters. The smallest absolute Gasteiger partial charge is 0.255 e. The van der Waals surface area contributed by atoms with Gasteiger partial charge in [-0.1, -0.05) is 24.3 Å². The molecule has 0 radical (unpaired) electrons. The molecule has 0 bridgehead atoms. The third kappa shape index (κ3) is 4.76. The summed E-state index contributed by atoms with van der Waals surface area (Å²) in [7, 11) is 0. The van der Waals surface area contributed by atoms with E-state index < -0.39 is 0 Å². The van der Waals surface area contributed by atoms with Crippen molar-refractivity contribution in [3.05, 3.63) is 59.4 Å². The van der Waals surface area contributed by atoms with E-state index >= 15 is 0 Å². The molecule has 1 aliphatic rings. The average Bonchev–Trinajstić information content (AvgIpc) is 3.21. The van der Waals surface area contributed by atoms with Crippen LogP contribution in [0.1, 0.15) is 41.3 Å². The van der Waals surface area contributed by atoms with Gasteiger partial charge in [-0.05, 0) is 69.3 Å². The molecule has 26 heavy (non-hydrogen) atoms. The first-order valence-electron chi connectivity index (χ1n) is 9.86. The van der Waals surface area contributed by atoms with Gasteiger partial charge in [0.25, 0.3) is 5.91 Å².